The smallest absolute Gasteiger partial charge is 0.165 e. The summed E-state index contributed by atoms with van der Waals surface area (Å²) in [5, 5.41) is 0. The number of fused-ring (bicyclic) bond motifs is 3. The van der Waals surface area contributed by atoms with E-state index in [1.807, 2.05) is 12.1 Å². The van der Waals surface area contributed by atoms with Gasteiger partial charge in [0.2, 0.25) is 0 Å². The first-order valence-corrected chi connectivity index (χ1v) is 8.94. The average Bonchev–Trinajstić information content (AvgIpc) is 2.67. The molecule has 0 bridgehead atoms. The molecule has 25 heavy (non-hydrogen) atoms. The molecular formula is C22H23FO2. The molecule has 1 fully saturated rings. The molecule has 130 valence electrons. The maximum absolute atomic E-state index is 14.3. The van der Waals surface area contributed by atoms with Crippen LogP contribution in [0.2, 0.25) is 0 Å². The molecule has 0 spiro atoms. The normalized spacial score (nSPS) is 21.8. The molecule has 2 aliphatic rings. The lowest BCUT2D eigenvalue weighted by Gasteiger charge is -2.38. The summed E-state index contributed by atoms with van der Waals surface area (Å²) >= 11 is 0. The van der Waals surface area contributed by atoms with Crippen LogP contribution in [0.3, 0.4) is 0 Å². The number of methoxy groups -OCH3 is 2. The van der Waals surface area contributed by atoms with Crippen molar-refractivity contribution in [1.82, 2.24) is 0 Å². The van der Waals surface area contributed by atoms with Crippen LogP contribution in [0.5, 0.6) is 11.5 Å². The van der Waals surface area contributed by atoms with Crippen LogP contribution in [-0.4, -0.2) is 14.2 Å². The van der Waals surface area contributed by atoms with Crippen LogP contribution in [0.25, 0.3) is 11.6 Å². The van der Waals surface area contributed by atoms with Gasteiger partial charge in [0.05, 0.1) is 14.2 Å². The van der Waals surface area contributed by atoms with E-state index in [9.17, 15) is 4.39 Å². The summed E-state index contributed by atoms with van der Waals surface area (Å²) in [6.45, 7) is 0. The lowest BCUT2D eigenvalue weighted by atomic mass is 9.66. The Labute approximate surface area is 148 Å². The highest BCUT2D eigenvalue weighted by molar-refractivity contribution is 5.87. The fourth-order valence-corrected chi connectivity index (χ4v) is 4.43. The Hall–Kier alpha value is -2.29. The second-order valence-corrected chi connectivity index (χ2v) is 6.94. The standard InChI is InChI=1S/C22H23FO2/c1-24-16-9-7-14-11-19(15-8-10-22(25-2)21(23)12-15)17-5-3-4-6-18(17)20(14)13-16/h7-13,17-18H,3-6H2,1-2H3/t17-,18+/m0/s1. The predicted octanol–water partition coefficient (Wildman–Crippen LogP) is 5.67. The van der Waals surface area contributed by atoms with Gasteiger partial charge >= 0.3 is 0 Å². The van der Waals surface area contributed by atoms with Crippen molar-refractivity contribution in [2.75, 3.05) is 14.2 Å². The fourth-order valence-electron chi connectivity index (χ4n) is 4.43. The molecule has 0 N–H and O–H groups in total. The molecule has 2 atom stereocenters. The summed E-state index contributed by atoms with van der Waals surface area (Å²) in [7, 11) is 3.21. The fraction of sp³-hybridized carbons (Fsp3) is 0.364. The molecule has 4 rings (SSSR count). The van der Waals surface area contributed by atoms with Crippen LogP contribution in [0.4, 0.5) is 4.39 Å². The summed E-state index contributed by atoms with van der Waals surface area (Å²) in [5.41, 5.74) is 4.83. The molecule has 0 heterocycles. The number of ether oxygens (including phenoxy) is 2. The van der Waals surface area contributed by atoms with Crippen molar-refractivity contribution in [3.05, 3.63) is 58.9 Å². The Morgan fingerprint density at radius 3 is 2.44 bits per heavy atom. The van der Waals surface area contributed by atoms with Crippen LogP contribution >= 0.6 is 0 Å². The Bertz CT molecular complexity index is 825. The zero-order chi connectivity index (χ0) is 17.4. The molecule has 0 aromatic heterocycles. The molecule has 1 saturated carbocycles. The quantitative estimate of drug-likeness (QED) is 0.718. The van der Waals surface area contributed by atoms with E-state index in [4.69, 9.17) is 9.47 Å². The summed E-state index contributed by atoms with van der Waals surface area (Å²) in [6, 6.07) is 11.6. The largest absolute Gasteiger partial charge is 0.497 e. The molecule has 0 radical (unpaired) electrons. The molecule has 0 saturated heterocycles. The van der Waals surface area contributed by atoms with Crippen molar-refractivity contribution in [2.45, 2.75) is 31.6 Å². The van der Waals surface area contributed by atoms with E-state index >= 15 is 0 Å². The van der Waals surface area contributed by atoms with Crippen LogP contribution in [0, 0.1) is 11.7 Å². The van der Waals surface area contributed by atoms with Gasteiger partial charge < -0.3 is 9.47 Å². The van der Waals surface area contributed by atoms with Crippen LogP contribution in [0.1, 0.15) is 48.3 Å². The van der Waals surface area contributed by atoms with Crippen molar-refractivity contribution < 1.29 is 13.9 Å². The maximum Gasteiger partial charge on any atom is 0.165 e. The third-order valence-electron chi connectivity index (χ3n) is 5.65. The van der Waals surface area contributed by atoms with Gasteiger partial charge in [-0.1, -0.05) is 31.1 Å². The first kappa shape index (κ1) is 16.2. The molecule has 2 aromatic rings. The van der Waals surface area contributed by atoms with Crippen molar-refractivity contribution in [3.63, 3.8) is 0 Å². The van der Waals surface area contributed by atoms with Crippen molar-refractivity contribution >= 4 is 11.6 Å². The molecule has 0 unspecified atom stereocenters. The number of hydrogen-bond acceptors (Lipinski definition) is 2. The van der Waals surface area contributed by atoms with Crippen molar-refractivity contribution in [1.29, 1.82) is 0 Å². The molecular weight excluding hydrogens is 315 g/mol. The van der Waals surface area contributed by atoms with Crippen molar-refractivity contribution in [2.24, 2.45) is 5.92 Å². The van der Waals surface area contributed by atoms with Gasteiger partial charge in [-0.3, -0.25) is 0 Å². The summed E-state index contributed by atoms with van der Waals surface area (Å²) in [5.74, 6) is 1.85. The van der Waals surface area contributed by atoms with Gasteiger partial charge in [-0.2, -0.15) is 0 Å². The number of benzene rings is 2. The minimum Gasteiger partial charge on any atom is -0.497 e. The van der Waals surface area contributed by atoms with E-state index in [1.54, 1.807) is 19.2 Å². The van der Waals surface area contributed by atoms with E-state index in [0.29, 0.717) is 17.6 Å². The molecule has 2 aliphatic carbocycles. The highest BCUT2D eigenvalue weighted by Gasteiger charge is 2.34. The monoisotopic (exact) mass is 338 g/mol. The Kier molecular flexibility index (Phi) is 4.24. The molecule has 2 aromatic carbocycles. The van der Waals surface area contributed by atoms with Crippen molar-refractivity contribution in [3.8, 4) is 11.5 Å². The highest BCUT2D eigenvalue weighted by atomic mass is 19.1. The van der Waals surface area contributed by atoms with E-state index < -0.39 is 0 Å². The molecule has 0 aliphatic heterocycles. The summed E-state index contributed by atoms with van der Waals surface area (Å²) in [4.78, 5) is 0. The third-order valence-corrected chi connectivity index (χ3v) is 5.65. The highest BCUT2D eigenvalue weighted by Crippen LogP contribution is 2.50. The number of allylic oxidation sites excluding steroid dienone is 1. The van der Waals surface area contributed by atoms with Crippen LogP contribution in [0.15, 0.2) is 36.4 Å². The van der Waals surface area contributed by atoms with E-state index in [2.05, 4.69) is 18.2 Å². The summed E-state index contributed by atoms with van der Waals surface area (Å²) in [6.07, 6.45) is 7.06. The minimum atomic E-state index is -0.297. The van der Waals surface area contributed by atoms with Crippen LogP contribution < -0.4 is 9.47 Å². The molecule has 3 heteroatoms. The van der Waals surface area contributed by atoms with Gasteiger partial charge in [0, 0.05) is 0 Å². The van der Waals surface area contributed by atoms with Gasteiger partial charge in [0.25, 0.3) is 0 Å². The summed E-state index contributed by atoms with van der Waals surface area (Å²) < 4.78 is 24.8. The van der Waals surface area contributed by atoms with Crippen LogP contribution in [-0.2, 0) is 0 Å². The van der Waals surface area contributed by atoms with Gasteiger partial charge in [-0.15, -0.1) is 0 Å². The Morgan fingerprint density at radius 2 is 1.72 bits per heavy atom. The molecule has 0 amide bonds. The first-order chi connectivity index (χ1) is 12.2. The van der Waals surface area contributed by atoms with E-state index in [0.717, 1.165) is 17.7 Å². The van der Waals surface area contributed by atoms with Gasteiger partial charge in [-0.05, 0) is 71.2 Å². The first-order valence-electron chi connectivity index (χ1n) is 8.94. The lowest BCUT2D eigenvalue weighted by molar-refractivity contribution is 0.365. The Morgan fingerprint density at radius 1 is 0.920 bits per heavy atom. The Balaban J connectivity index is 1.83. The van der Waals surface area contributed by atoms with Gasteiger partial charge in [-0.25, -0.2) is 4.39 Å². The van der Waals surface area contributed by atoms with Gasteiger partial charge in [0.1, 0.15) is 5.75 Å². The van der Waals surface area contributed by atoms with E-state index in [-0.39, 0.29) is 5.82 Å². The third kappa shape index (κ3) is 2.82. The van der Waals surface area contributed by atoms with E-state index in [1.165, 1.54) is 43.1 Å². The number of rotatable bonds is 3. The number of hydrogen-bond donors (Lipinski definition) is 0. The maximum atomic E-state index is 14.3. The lowest BCUT2D eigenvalue weighted by Crippen LogP contribution is -2.23. The molecule has 2 nitrogen and oxygen atoms in total. The number of halogens is 1. The zero-order valence-corrected chi connectivity index (χ0v) is 14.7. The van der Waals surface area contributed by atoms with Gasteiger partial charge in [0.15, 0.2) is 11.6 Å². The zero-order valence-electron chi connectivity index (χ0n) is 14.7. The topological polar surface area (TPSA) is 18.5 Å². The SMILES string of the molecule is COc1ccc2c(c1)[C@@H]1CCCC[C@@H]1C(c1ccc(OC)c(F)c1)=C2. The average molecular weight is 338 g/mol. The predicted molar refractivity (Wildman–Crippen MR) is 98.5 cm³/mol. The minimum absolute atomic E-state index is 0.297. The second kappa shape index (κ2) is 6.55. The second-order valence-electron chi connectivity index (χ2n) is 6.94.